The lowest BCUT2D eigenvalue weighted by Gasteiger charge is -2.70. The van der Waals surface area contributed by atoms with Crippen molar-refractivity contribution in [1.29, 1.82) is 0 Å². The van der Waals surface area contributed by atoms with Gasteiger partial charge in [0.1, 0.15) is 30.2 Å². The van der Waals surface area contributed by atoms with Crippen molar-refractivity contribution >= 4 is 17.7 Å². The number of nitrogens with one attached hydrogen (secondary N) is 2. The third-order valence-electron chi connectivity index (χ3n) is 17.3. The van der Waals surface area contributed by atoms with Crippen molar-refractivity contribution in [1.82, 2.24) is 10.6 Å². The first kappa shape index (κ1) is 37.0. The van der Waals surface area contributed by atoms with Gasteiger partial charge in [-0.1, -0.05) is 58.3 Å². The minimum Gasteiger partial charge on any atom is -0.469 e. The van der Waals surface area contributed by atoms with Crippen LogP contribution in [0.4, 0.5) is 0 Å². The second-order valence-corrected chi connectivity index (χ2v) is 20.0. The van der Waals surface area contributed by atoms with Gasteiger partial charge in [-0.2, -0.15) is 0 Å². The summed E-state index contributed by atoms with van der Waals surface area (Å²) in [5.41, 5.74) is -4.66. The fraction of sp³-hybridized carbons (Fsp3) is 0.841. The number of ether oxygens (including phenoxy) is 4. The predicted octanol–water partition coefficient (Wildman–Crippen LogP) is 5.85. The second kappa shape index (κ2) is 12.8. The maximum atomic E-state index is 15.4. The average molecular weight is 763 g/mol. The average Bonchev–Trinajstić information content (AvgIpc) is 3.65. The number of aryl methyl sites for hydroxylation is 1. The van der Waals surface area contributed by atoms with Gasteiger partial charge in [0.15, 0.2) is 11.9 Å². The van der Waals surface area contributed by atoms with Crippen molar-refractivity contribution in [2.75, 3.05) is 19.8 Å². The number of hydrogen-bond acceptors (Lipinski definition) is 11. The highest BCUT2D eigenvalue weighted by atomic mass is 16.7. The Kier molecular flexibility index (Phi) is 8.64. The first-order chi connectivity index (χ1) is 26.5. The topological polar surface area (TPSA) is 149 Å². The number of furan rings is 1. The summed E-state index contributed by atoms with van der Waals surface area (Å²) in [6.07, 6.45) is 13.9. The molecular weight excluding hydrogens is 700 g/mol. The number of aliphatic hydroxyl groups excluding tert-OH is 1. The van der Waals surface area contributed by atoms with E-state index in [1.54, 1.807) is 6.26 Å². The number of esters is 2. The third kappa shape index (κ3) is 4.71. The highest BCUT2D eigenvalue weighted by molar-refractivity contribution is 5.92. The van der Waals surface area contributed by atoms with E-state index >= 15 is 4.79 Å². The van der Waals surface area contributed by atoms with Crippen LogP contribution in [-0.4, -0.2) is 78.2 Å². The van der Waals surface area contributed by atoms with E-state index < -0.39 is 69.2 Å². The van der Waals surface area contributed by atoms with Crippen LogP contribution in [-0.2, 0) is 39.8 Å². The van der Waals surface area contributed by atoms with Gasteiger partial charge in [-0.05, 0) is 83.1 Å². The molecule has 9 fully saturated rings. The van der Waals surface area contributed by atoms with E-state index in [4.69, 9.17) is 23.4 Å². The van der Waals surface area contributed by atoms with Crippen LogP contribution in [0.15, 0.2) is 16.7 Å². The molecule has 302 valence electrons. The zero-order valence-corrected chi connectivity index (χ0v) is 33.1. The number of hydrogen-bond donors (Lipinski definition) is 3. The minimum absolute atomic E-state index is 0.0581. The number of fused-ring (bicyclic) bond motifs is 2. The summed E-state index contributed by atoms with van der Waals surface area (Å²) in [5.74, 6) is -0.970. The van der Waals surface area contributed by atoms with Gasteiger partial charge in [0.05, 0.1) is 29.3 Å². The zero-order valence-electron chi connectivity index (χ0n) is 33.1. The standard InChI is InChI=1S/C44H62N2O9/c1-39(2)32-31(47)33(48)43(26-13-7-6-8-14-26)30(42(32)24-52-38(50)41(37(42)55-39)19-11-12-20-41)17-21-40(3)34(53-36(49)35-44(40,43)54-35)28-18-22-51-29(28)16-10-5-4-9-15-27-23-45-25-46-27/h18,22,26-27,30,32-35,37,45-46,48H,4-17,19-21,23-25H2,1-3H3/t27-,30-,32-,33-,34+,35-,37+,40+,42-,43+,44-/m1/s1. The molecule has 0 amide bonds. The van der Waals surface area contributed by atoms with Crippen molar-refractivity contribution in [3.05, 3.63) is 23.7 Å². The number of epoxide rings is 1. The van der Waals surface area contributed by atoms with E-state index in [1.165, 1.54) is 12.8 Å². The molecule has 11 heteroatoms. The lowest BCUT2D eigenvalue weighted by atomic mass is 9.32. The largest absolute Gasteiger partial charge is 0.469 e. The van der Waals surface area contributed by atoms with E-state index in [9.17, 15) is 14.7 Å². The van der Waals surface area contributed by atoms with Gasteiger partial charge >= 0.3 is 11.9 Å². The van der Waals surface area contributed by atoms with Gasteiger partial charge in [0, 0.05) is 47.5 Å². The highest BCUT2D eigenvalue weighted by Crippen LogP contribution is 2.83. The van der Waals surface area contributed by atoms with Crippen LogP contribution < -0.4 is 10.6 Å². The fourth-order valence-electron chi connectivity index (χ4n) is 15.3. The molecule has 4 saturated carbocycles. The molecule has 5 aliphatic heterocycles. The molecule has 9 aliphatic rings. The lowest BCUT2D eigenvalue weighted by Crippen LogP contribution is -2.79. The number of unbranched alkanes of at least 4 members (excludes halogenated alkanes) is 3. The molecule has 0 bridgehead atoms. The molecule has 5 saturated heterocycles. The Hall–Kier alpha value is -2.31. The summed E-state index contributed by atoms with van der Waals surface area (Å²) in [6, 6.07) is 2.53. The molecule has 55 heavy (non-hydrogen) atoms. The summed E-state index contributed by atoms with van der Waals surface area (Å²) in [7, 11) is 0. The SMILES string of the molecule is CC1(C)O[C@H]2C3(CCCC3)C(=O)OC[C@@]23[C@@H]1C(=O)[C@@H](O)[C@]1(C2CCCCC2)[C@@H]3CC[C@@]2(C)[C@H](c3ccoc3CCCCCC[C@@H]3CNCN3)OC(=O)[C@H]3O[C@@]312. The van der Waals surface area contributed by atoms with E-state index in [1.807, 2.05) is 19.9 Å². The predicted molar refractivity (Wildman–Crippen MR) is 199 cm³/mol. The molecule has 6 heterocycles. The molecule has 11 atom stereocenters. The Morgan fingerprint density at radius 3 is 2.44 bits per heavy atom. The molecule has 1 aromatic heterocycles. The van der Waals surface area contributed by atoms with Crippen LogP contribution >= 0.6 is 0 Å². The molecule has 10 rings (SSSR count). The summed E-state index contributed by atoms with van der Waals surface area (Å²) in [6.45, 7) is 8.17. The first-order valence-electron chi connectivity index (χ1n) is 21.9. The summed E-state index contributed by atoms with van der Waals surface area (Å²) in [5, 5.41) is 20.0. The number of aliphatic hydroxyl groups is 1. The molecule has 1 aromatic rings. The number of Topliss-reactive ketones (excluding diaryl/α,β-unsaturated/α-hetero) is 1. The van der Waals surface area contributed by atoms with Gasteiger partial charge < -0.3 is 39.1 Å². The van der Waals surface area contributed by atoms with Gasteiger partial charge in [0.25, 0.3) is 0 Å². The number of ketones is 1. The van der Waals surface area contributed by atoms with E-state index in [0.717, 1.165) is 95.2 Å². The summed E-state index contributed by atoms with van der Waals surface area (Å²) < 4.78 is 33.2. The number of cyclic esters (lactones) is 2. The van der Waals surface area contributed by atoms with Crippen molar-refractivity contribution in [2.45, 2.75) is 172 Å². The van der Waals surface area contributed by atoms with Gasteiger partial charge in [-0.15, -0.1) is 0 Å². The maximum absolute atomic E-state index is 15.4. The van der Waals surface area contributed by atoms with E-state index in [0.29, 0.717) is 31.7 Å². The van der Waals surface area contributed by atoms with Crippen molar-refractivity contribution < 1.29 is 42.9 Å². The van der Waals surface area contributed by atoms with Crippen molar-refractivity contribution in [2.24, 2.45) is 39.4 Å². The smallest absolute Gasteiger partial charge is 0.339 e. The van der Waals surface area contributed by atoms with Crippen LogP contribution in [0.3, 0.4) is 0 Å². The molecule has 0 unspecified atom stereocenters. The van der Waals surface area contributed by atoms with Crippen LogP contribution in [0.2, 0.25) is 0 Å². The van der Waals surface area contributed by atoms with Crippen molar-refractivity contribution in [3.8, 4) is 0 Å². The Labute approximate surface area is 325 Å². The van der Waals surface area contributed by atoms with Crippen molar-refractivity contribution in [3.63, 3.8) is 0 Å². The molecule has 3 N–H and O–H groups in total. The number of carbonyl (C=O) groups is 3. The van der Waals surface area contributed by atoms with Gasteiger partial charge in [-0.3, -0.25) is 9.59 Å². The Bertz CT molecular complexity index is 1710. The lowest BCUT2D eigenvalue weighted by molar-refractivity contribution is -0.284. The Morgan fingerprint density at radius 2 is 1.67 bits per heavy atom. The van der Waals surface area contributed by atoms with E-state index in [2.05, 4.69) is 17.6 Å². The number of carbonyl (C=O) groups excluding carboxylic acids is 3. The highest BCUT2D eigenvalue weighted by Gasteiger charge is 2.93. The summed E-state index contributed by atoms with van der Waals surface area (Å²) in [4.78, 5) is 43.8. The third-order valence-corrected chi connectivity index (χ3v) is 17.3. The molecule has 0 aromatic carbocycles. The van der Waals surface area contributed by atoms with Crippen LogP contribution in [0.25, 0.3) is 0 Å². The molecule has 4 aliphatic carbocycles. The minimum atomic E-state index is -1.36. The van der Waals surface area contributed by atoms with Crippen LogP contribution in [0.5, 0.6) is 0 Å². The summed E-state index contributed by atoms with van der Waals surface area (Å²) >= 11 is 0. The van der Waals surface area contributed by atoms with Crippen LogP contribution in [0, 0.1) is 39.4 Å². The van der Waals surface area contributed by atoms with E-state index in [-0.39, 0.29) is 30.2 Å². The van der Waals surface area contributed by atoms with Gasteiger partial charge in [0.2, 0.25) is 0 Å². The first-order valence-corrected chi connectivity index (χ1v) is 21.9. The Balaban J connectivity index is 1.05. The second-order valence-electron chi connectivity index (χ2n) is 20.0. The molecule has 3 spiro atoms. The molecular formula is C44H62N2O9. The zero-order chi connectivity index (χ0) is 38.0. The monoisotopic (exact) mass is 762 g/mol. The normalized spacial score (nSPS) is 45.3. The fourth-order valence-corrected chi connectivity index (χ4v) is 15.3. The molecule has 0 radical (unpaired) electrons. The molecule has 11 nitrogen and oxygen atoms in total. The van der Waals surface area contributed by atoms with Crippen LogP contribution in [0.1, 0.15) is 141 Å². The Morgan fingerprint density at radius 1 is 0.891 bits per heavy atom. The number of rotatable bonds is 9. The quantitative estimate of drug-likeness (QED) is 0.158. The maximum Gasteiger partial charge on any atom is 0.339 e. The van der Waals surface area contributed by atoms with Gasteiger partial charge in [-0.25, -0.2) is 4.79 Å².